The van der Waals surface area contributed by atoms with Crippen LogP contribution in [0.4, 0.5) is 0 Å². The van der Waals surface area contributed by atoms with Crippen LogP contribution in [-0.4, -0.2) is 13.2 Å². The summed E-state index contributed by atoms with van der Waals surface area (Å²) in [6.45, 7) is 3.33. The number of ether oxygens (including phenoxy) is 2. The highest BCUT2D eigenvalue weighted by molar-refractivity contribution is 14.1. The molecule has 1 heterocycles. The molecule has 0 saturated heterocycles. The summed E-state index contributed by atoms with van der Waals surface area (Å²) in [5, 5.41) is 0. The zero-order chi connectivity index (χ0) is 15.0. The number of hydrogen-bond acceptors (Lipinski definition) is 2. The predicted octanol–water partition coefficient (Wildman–Crippen LogP) is 5.62. The molecule has 1 aliphatic heterocycles. The van der Waals surface area contributed by atoms with Gasteiger partial charge in [-0.3, -0.25) is 0 Å². The van der Waals surface area contributed by atoms with E-state index in [1.165, 1.54) is 14.7 Å². The fourth-order valence-electron chi connectivity index (χ4n) is 2.31. The van der Waals surface area contributed by atoms with Crippen molar-refractivity contribution in [2.75, 3.05) is 13.2 Å². The van der Waals surface area contributed by atoms with Crippen molar-refractivity contribution in [1.29, 1.82) is 0 Å². The third-order valence-electron chi connectivity index (χ3n) is 3.43. The van der Waals surface area contributed by atoms with Crippen molar-refractivity contribution in [2.24, 2.45) is 0 Å². The van der Waals surface area contributed by atoms with E-state index in [-0.39, 0.29) is 4.83 Å². The van der Waals surface area contributed by atoms with Crippen LogP contribution in [0.3, 0.4) is 0 Å². The van der Waals surface area contributed by atoms with Crippen LogP contribution in [0.15, 0.2) is 34.8 Å². The summed E-state index contributed by atoms with van der Waals surface area (Å²) in [4.78, 5) is 0.106. The van der Waals surface area contributed by atoms with Gasteiger partial charge in [0.2, 0.25) is 0 Å². The molecule has 2 aromatic rings. The molecule has 3 rings (SSSR count). The Morgan fingerprint density at radius 2 is 1.76 bits per heavy atom. The Hall–Kier alpha value is -0.270. The molecule has 2 nitrogen and oxygen atoms in total. The highest BCUT2D eigenvalue weighted by Gasteiger charge is 2.21. The summed E-state index contributed by atoms with van der Waals surface area (Å²) in [7, 11) is 0. The standard InChI is InChI=1S/C16H13Br2IO2/c1-9-3-2-4-10(16(9)19)15(18)11-7-13-14(8-12(11)17)21-6-5-20-13/h2-4,7-8,15H,5-6H2,1H3. The van der Waals surface area contributed by atoms with E-state index < -0.39 is 0 Å². The molecule has 0 bridgehead atoms. The molecule has 110 valence electrons. The zero-order valence-corrected chi connectivity index (χ0v) is 16.7. The molecule has 21 heavy (non-hydrogen) atoms. The second kappa shape index (κ2) is 6.46. The fourth-order valence-corrected chi connectivity index (χ4v) is 5.03. The van der Waals surface area contributed by atoms with Gasteiger partial charge < -0.3 is 9.47 Å². The van der Waals surface area contributed by atoms with E-state index in [4.69, 9.17) is 9.47 Å². The molecular formula is C16H13Br2IO2. The molecule has 0 radical (unpaired) electrons. The van der Waals surface area contributed by atoms with Gasteiger partial charge in [0.1, 0.15) is 13.2 Å². The largest absolute Gasteiger partial charge is 0.486 e. The second-order valence-corrected chi connectivity index (χ2v) is 7.71. The van der Waals surface area contributed by atoms with Gasteiger partial charge in [0.25, 0.3) is 0 Å². The minimum atomic E-state index is 0.106. The SMILES string of the molecule is Cc1cccc(C(Br)c2cc3c(cc2Br)OCCO3)c1I. The van der Waals surface area contributed by atoms with Crippen LogP contribution in [0, 0.1) is 10.5 Å². The van der Waals surface area contributed by atoms with Gasteiger partial charge in [0.05, 0.1) is 4.83 Å². The summed E-state index contributed by atoms with van der Waals surface area (Å²) in [6, 6.07) is 10.4. The van der Waals surface area contributed by atoms with Crippen molar-refractivity contribution >= 4 is 54.5 Å². The van der Waals surface area contributed by atoms with Crippen molar-refractivity contribution in [3.05, 3.63) is 55.1 Å². The highest BCUT2D eigenvalue weighted by Crippen LogP contribution is 2.43. The monoisotopic (exact) mass is 522 g/mol. The van der Waals surface area contributed by atoms with E-state index in [9.17, 15) is 0 Å². The molecule has 0 aromatic heterocycles. The van der Waals surface area contributed by atoms with Crippen molar-refractivity contribution < 1.29 is 9.47 Å². The second-order valence-electron chi connectivity index (χ2n) is 4.86. The number of halogens is 3. The van der Waals surface area contributed by atoms with Crippen LogP contribution in [0.2, 0.25) is 0 Å². The summed E-state index contributed by atoms with van der Waals surface area (Å²) >= 11 is 9.88. The van der Waals surface area contributed by atoms with Crippen LogP contribution in [0.25, 0.3) is 0 Å². The van der Waals surface area contributed by atoms with E-state index >= 15 is 0 Å². The quantitative estimate of drug-likeness (QED) is 0.376. The fraction of sp³-hybridized carbons (Fsp3) is 0.250. The minimum absolute atomic E-state index is 0.106. The third kappa shape index (κ3) is 3.10. The molecule has 0 amide bonds. The predicted molar refractivity (Wildman–Crippen MR) is 99.8 cm³/mol. The minimum Gasteiger partial charge on any atom is -0.486 e. The Morgan fingerprint density at radius 3 is 2.48 bits per heavy atom. The lowest BCUT2D eigenvalue weighted by molar-refractivity contribution is 0.171. The van der Waals surface area contributed by atoms with Crippen molar-refractivity contribution in [2.45, 2.75) is 11.8 Å². The van der Waals surface area contributed by atoms with Crippen LogP contribution < -0.4 is 9.47 Å². The molecule has 1 atom stereocenters. The first-order chi connectivity index (χ1) is 10.1. The lowest BCUT2D eigenvalue weighted by Crippen LogP contribution is -2.15. The van der Waals surface area contributed by atoms with Gasteiger partial charge >= 0.3 is 0 Å². The molecule has 5 heteroatoms. The Kier molecular flexibility index (Phi) is 4.81. The van der Waals surface area contributed by atoms with E-state index in [1.54, 1.807) is 0 Å². The van der Waals surface area contributed by atoms with Crippen molar-refractivity contribution in [3.8, 4) is 11.5 Å². The highest BCUT2D eigenvalue weighted by atomic mass is 127. The van der Waals surface area contributed by atoms with Gasteiger partial charge in [-0.1, -0.05) is 50.1 Å². The number of rotatable bonds is 2. The molecule has 0 fully saturated rings. The normalized spacial score (nSPS) is 14.9. The number of alkyl halides is 1. The Balaban J connectivity index is 2.05. The summed E-state index contributed by atoms with van der Waals surface area (Å²) < 4.78 is 13.6. The van der Waals surface area contributed by atoms with E-state index in [1.807, 2.05) is 6.07 Å². The number of aryl methyl sites for hydroxylation is 1. The lowest BCUT2D eigenvalue weighted by atomic mass is 10.0. The van der Waals surface area contributed by atoms with Crippen LogP contribution in [0.5, 0.6) is 11.5 Å². The van der Waals surface area contributed by atoms with Crippen LogP contribution in [-0.2, 0) is 0 Å². The number of fused-ring (bicyclic) bond motifs is 1. The molecule has 1 aliphatic rings. The molecule has 0 spiro atoms. The Morgan fingerprint density at radius 1 is 1.10 bits per heavy atom. The maximum atomic E-state index is 5.69. The molecule has 0 aliphatic carbocycles. The third-order valence-corrected chi connectivity index (χ3v) is 6.58. The number of benzene rings is 2. The average molecular weight is 524 g/mol. The summed E-state index contributed by atoms with van der Waals surface area (Å²) in [6.07, 6.45) is 0. The van der Waals surface area contributed by atoms with Gasteiger partial charge in [-0.2, -0.15) is 0 Å². The van der Waals surface area contributed by atoms with E-state index in [2.05, 4.69) is 85.6 Å². The van der Waals surface area contributed by atoms with Crippen molar-refractivity contribution in [1.82, 2.24) is 0 Å². The van der Waals surface area contributed by atoms with Gasteiger partial charge in [0.15, 0.2) is 11.5 Å². The number of hydrogen-bond donors (Lipinski definition) is 0. The van der Waals surface area contributed by atoms with E-state index in [0.717, 1.165) is 21.5 Å². The maximum absolute atomic E-state index is 5.69. The maximum Gasteiger partial charge on any atom is 0.162 e. The van der Waals surface area contributed by atoms with Gasteiger partial charge in [-0.05, 0) is 58.3 Å². The van der Waals surface area contributed by atoms with Crippen LogP contribution >= 0.6 is 54.5 Å². The topological polar surface area (TPSA) is 18.5 Å². The average Bonchev–Trinajstić information content (AvgIpc) is 2.48. The summed E-state index contributed by atoms with van der Waals surface area (Å²) in [5.41, 5.74) is 3.68. The van der Waals surface area contributed by atoms with Gasteiger partial charge in [-0.25, -0.2) is 0 Å². The Bertz CT molecular complexity index is 688. The van der Waals surface area contributed by atoms with Gasteiger partial charge in [0, 0.05) is 8.04 Å². The van der Waals surface area contributed by atoms with Crippen molar-refractivity contribution in [3.63, 3.8) is 0 Å². The van der Waals surface area contributed by atoms with E-state index in [0.29, 0.717) is 13.2 Å². The molecule has 2 aromatic carbocycles. The summed E-state index contributed by atoms with van der Waals surface area (Å²) in [5.74, 6) is 1.61. The molecular weight excluding hydrogens is 511 g/mol. The molecule has 1 unspecified atom stereocenters. The zero-order valence-electron chi connectivity index (χ0n) is 11.3. The first kappa shape index (κ1) is 15.6. The molecule has 0 N–H and O–H groups in total. The first-order valence-corrected chi connectivity index (χ1v) is 9.35. The van der Waals surface area contributed by atoms with Crippen LogP contribution in [0.1, 0.15) is 21.5 Å². The Labute approximate surface area is 154 Å². The lowest BCUT2D eigenvalue weighted by Gasteiger charge is -2.22. The molecule has 0 saturated carbocycles. The first-order valence-electron chi connectivity index (χ1n) is 6.56. The van der Waals surface area contributed by atoms with Gasteiger partial charge in [-0.15, -0.1) is 0 Å². The smallest absolute Gasteiger partial charge is 0.162 e.